The maximum Gasteiger partial charge on any atom is 0.306 e. The second kappa shape index (κ2) is 3.71. The molecule has 0 atom stereocenters. The van der Waals surface area contributed by atoms with Gasteiger partial charge in [0.1, 0.15) is 0 Å². The predicted molar refractivity (Wildman–Crippen MR) is 58.5 cm³/mol. The molecule has 7 nitrogen and oxygen atoms in total. The Morgan fingerprint density at radius 2 is 2.00 bits per heavy atom. The van der Waals surface area contributed by atoms with Gasteiger partial charge >= 0.3 is 10.0 Å². The number of guanidine groups is 1. The first-order chi connectivity index (χ1) is 7.49. The Hall–Kier alpha value is -1.70. The van der Waals surface area contributed by atoms with Crippen LogP contribution in [-0.4, -0.2) is 30.4 Å². The van der Waals surface area contributed by atoms with Crippen LogP contribution in [0.5, 0.6) is 0 Å². The highest BCUT2D eigenvalue weighted by Gasteiger charge is 2.27. The van der Waals surface area contributed by atoms with E-state index in [-0.39, 0.29) is 22.8 Å². The molecule has 0 unspecified atom stereocenters. The molecule has 0 saturated heterocycles. The van der Waals surface area contributed by atoms with E-state index in [2.05, 4.69) is 25.0 Å². The molecular weight excluding hydrogens is 230 g/mol. The summed E-state index contributed by atoms with van der Waals surface area (Å²) in [6.45, 7) is 3.76. The van der Waals surface area contributed by atoms with Crippen molar-refractivity contribution in [2.45, 2.75) is 24.9 Å². The number of sulfonamides is 1. The number of anilines is 1. The first-order valence-corrected chi connectivity index (χ1v) is 6.12. The molecule has 0 bridgehead atoms. The third-order valence-electron chi connectivity index (χ3n) is 1.78. The zero-order valence-corrected chi connectivity index (χ0v) is 9.61. The van der Waals surface area contributed by atoms with Crippen LogP contribution in [0.2, 0.25) is 0 Å². The van der Waals surface area contributed by atoms with Crippen molar-refractivity contribution >= 4 is 21.8 Å². The van der Waals surface area contributed by atoms with Crippen molar-refractivity contribution in [3.05, 3.63) is 12.4 Å². The first-order valence-electron chi connectivity index (χ1n) is 4.68. The minimum Gasteiger partial charge on any atom is -0.353 e. The normalized spacial score (nSPS) is 17.3. The van der Waals surface area contributed by atoms with Crippen LogP contribution < -0.4 is 10.6 Å². The first kappa shape index (κ1) is 10.8. The molecule has 0 aromatic carbocycles. The monoisotopic (exact) mass is 241 g/mol. The zero-order valence-electron chi connectivity index (χ0n) is 8.80. The Labute approximate surface area is 93.1 Å². The molecule has 16 heavy (non-hydrogen) atoms. The number of fused-ring (bicyclic) bond motifs is 1. The van der Waals surface area contributed by atoms with Crippen molar-refractivity contribution in [3.63, 3.8) is 0 Å². The number of rotatable bonds is 1. The van der Waals surface area contributed by atoms with Gasteiger partial charge in [-0.3, -0.25) is 0 Å². The summed E-state index contributed by atoms with van der Waals surface area (Å²) < 4.78 is 26.9. The Bertz CT molecular complexity index is 537. The summed E-state index contributed by atoms with van der Waals surface area (Å²) in [6.07, 6.45) is 2.73. The SMILES string of the molecule is CC(C)NC1=NS(=O)(=O)c2nccnc2N1. The summed E-state index contributed by atoms with van der Waals surface area (Å²) in [5, 5.41) is 5.49. The van der Waals surface area contributed by atoms with E-state index >= 15 is 0 Å². The van der Waals surface area contributed by atoms with Crippen LogP contribution in [0.15, 0.2) is 21.8 Å². The molecular formula is C8H11N5O2S. The van der Waals surface area contributed by atoms with E-state index in [4.69, 9.17) is 0 Å². The van der Waals surface area contributed by atoms with Crippen LogP contribution in [0.25, 0.3) is 0 Å². The van der Waals surface area contributed by atoms with Gasteiger partial charge in [-0.15, -0.1) is 4.40 Å². The molecule has 1 aromatic rings. The van der Waals surface area contributed by atoms with Gasteiger partial charge in [0.05, 0.1) is 0 Å². The summed E-state index contributed by atoms with van der Waals surface area (Å²) >= 11 is 0. The third kappa shape index (κ3) is 1.96. The van der Waals surface area contributed by atoms with Gasteiger partial charge in [0.2, 0.25) is 11.0 Å². The van der Waals surface area contributed by atoms with Gasteiger partial charge in [0.25, 0.3) is 0 Å². The Balaban J connectivity index is 2.44. The zero-order chi connectivity index (χ0) is 11.8. The van der Waals surface area contributed by atoms with E-state index in [0.717, 1.165) is 0 Å². The molecule has 0 spiro atoms. The smallest absolute Gasteiger partial charge is 0.306 e. The number of hydrogen-bond acceptors (Lipinski definition) is 6. The molecule has 0 fully saturated rings. The largest absolute Gasteiger partial charge is 0.353 e. The van der Waals surface area contributed by atoms with Crippen LogP contribution in [0.4, 0.5) is 5.82 Å². The lowest BCUT2D eigenvalue weighted by Crippen LogP contribution is -2.39. The molecule has 0 aliphatic carbocycles. The van der Waals surface area contributed by atoms with E-state index in [1.807, 2.05) is 13.8 Å². The standard InChI is InChI=1S/C8H11N5O2S/c1-5(2)11-8-12-6-7(10-4-3-9-6)16(14,15)13-8/h3-5H,1-2H3,(H2,9,11,12,13). The number of nitrogens with one attached hydrogen (secondary N) is 2. The molecule has 2 rings (SSSR count). The fourth-order valence-corrected chi connectivity index (χ4v) is 2.20. The highest BCUT2D eigenvalue weighted by atomic mass is 32.2. The fraction of sp³-hybridized carbons (Fsp3) is 0.375. The second-order valence-corrected chi connectivity index (χ2v) is 5.07. The summed E-state index contributed by atoms with van der Waals surface area (Å²) in [5.41, 5.74) is 0. The Kier molecular flexibility index (Phi) is 2.50. The number of nitrogens with zero attached hydrogens (tertiary/aromatic N) is 3. The van der Waals surface area contributed by atoms with Gasteiger partial charge in [0, 0.05) is 18.4 Å². The molecule has 0 saturated carbocycles. The minimum absolute atomic E-state index is 0.0691. The van der Waals surface area contributed by atoms with Crippen LogP contribution >= 0.6 is 0 Å². The molecule has 2 N–H and O–H groups in total. The van der Waals surface area contributed by atoms with Gasteiger partial charge in [-0.1, -0.05) is 0 Å². The van der Waals surface area contributed by atoms with Crippen LogP contribution in [0.1, 0.15) is 13.8 Å². The van der Waals surface area contributed by atoms with E-state index in [9.17, 15) is 8.42 Å². The molecule has 1 aliphatic rings. The molecule has 1 aromatic heterocycles. The molecule has 0 radical (unpaired) electrons. The van der Waals surface area contributed by atoms with E-state index in [1.54, 1.807) is 0 Å². The van der Waals surface area contributed by atoms with Gasteiger partial charge < -0.3 is 10.6 Å². The molecule has 0 amide bonds. The summed E-state index contributed by atoms with van der Waals surface area (Å²) in [6, 6.07) is 0.0691. The quantitative estimate of drug-likeness (QED) is 0.715. The maximum atomic E-state index is 11.7. The average molecular weight is 241 g/mol. The highest BCUT2D eigenvalue weighted by Crippen LogP contribution is 2.21. The van der Waals surface area contributed by atoms with Crippen molar-refractivity contribution < 1.29 is 8.42 Å². The van der Waals surface area contributed by atoms with Crippen molar-refractivity contribution in [3.8, 4) is 0 Å². The maximum absolute atomic E-state index is 11.7. The van der Waals surface area contributed by atoms with Gasteiger partial charge in [-0.05, 0) is 13.8 Å². The molecule has 8 heteroatoms. The molecule has 2 heterocycles. The fourth-order valence-electron chi connectivity index (χ4n) is 1.23. The van der Waals surface area contributed by atoms with E-state index in [0.29, 0.717) is 0 Å². The van der Waals surface area contributed by atoms with Crippen molar-refractivity contribution in [1.29, 1.82) is 0 Å². The molecule has 86 valence electrons. The average Bonchev–Trinajstić information content (AvgIpc) is 2.15. The van der Waals surface area contributed by atoms with Crippen molar-refractivity contribution in [2.75, 3.05) is 5.32 Å². The molecule has 1 aliphatic heterocycles. The van der Waals surface area contributed by atoms with Crippen molar-refractivity contribution in [2.24, 2.45) is 4.40 Å². The topological polar surface area (TPSA) is 96.3 Å². The highest BCUT2D eigenvalue weighted by molar-refractivity contribution is 7.90. The number of hydrogen-bond donors (Lipinski definition) is 2. The van der Waals surface area contributed by atoms with Crippen LogP contribution in [0.3, 0.4) is 0 Å². The summed E-state index contributed by atoms with van der Waals surface area (Å²) in [7, 11) is -3.75. The van der Waals surface area contributed by atoms with Gasteiger partial charge in [0.15, 0.2) is 5.82 Å². The van der Waals surface area contributed by atoms with Crippen LogP contribution in [0, 0.1) is 0 Å². The number of aromatic nitrogens is 2. The van der Waals surface area contributed by atoms with Gasteiger partial charge in [-0.2, -0.15) is 8.42 Å². The summed E-state index contributed by atoms with van der Waals surface area (Å²) in [4.78, 5) is 7.64. The lowest BCUT2D eigenvalue weighted by Gasteiger charge is -2.18. The summed E-state index contributed by atoms with van der Waals surface area (Å²) in [5.74, 6) is 0.364. The minimum atomic E-state index is -3.75. The lowest BCUT2D eigenvalue weighted by molar-refractivity contribution is 0.592. The lowest BCUT2D eigenvalue weighted by atomic mass is 10.4. The Morgan fingerprint density at radius 3 is 2.69 bits per heavy atom. The van der Waals surface area contributed by atoms with Crippen LogP contribution in [-0.2, 0) is 10.0 Å². The Morgan fingerprint density at radius 1 is 1.31 bits per heavy atom. The van der Waals surface area contributed by atoms with Gasteiger partial charge in [-0.25, -0.2) is 9.97 Å². The van der Waals surface area contributed by atoms with E-state index in [1.165, 1.54) is 12.4 Å². The van der Waals surface area contributed by atoms with Crippen molar-refractivity contribution in [1.82, 2.24) is 15.3 Å². The second-order valence-electron chi connectivity index (χ2n) is 3.55. The third-order valence-corrected chi connectivity index (χ3v) is 2.99. The van der Waals surface area contributed by atoms with E-state index < -0.39 is 10.0 Å². The predicted octanol–water partition coefficient (Wildman–Crippen LogP) is -0.0552.